The van der Waals surface area contributed by atoms with E-state index in [2.05, 4.69) is 31.9 Å². The van der Waals surface area contributed by atoms with Crippen molar-refractivity contribution < 1.29 is 9.47 Å². The van der Waals surface area contributed by atoms with E-state index in [4.69, 9.17) is 9.47 Å². The Kier molecular flexibility index (Phi) is 6.30. The van der Waals surface area contributed by atoms with Crippen LogP contribution in [0.2, 0.25) is 0 Å². The lowest BCUT2D eigenvalue weighted by atomic mass is 9.99. The van der Waals surface area contributed by atoms with Crippen molar-refractivity contribution in [3.63, 3.8) is 0 Å². The molecule has 22 heavy (non-hydrogen) atoms. The topological polar surface area (TPSA) is 52.6 Å². The summed E-state index contributed by atoms with van der Waals surface area (Å²) in [4.78, 5) is 23.3. The predicted octanol–water partition coefficient (Wildman–Crippen LogP) is 3.66. The van der Waals surface area contributed by atoms with Crippen LogP contribution in [0.3, 0.4) is 0 Å². The number of ether oxygens (including phenoxy) is 2. The van der Waals surface area contributed by atoms with Gasteiger partial charge in [0.05, 0.1) is 13.2 Å². The SMILES string of the molecule is CC(COc1c(OCC(C)C(C)(C)Br)c(=O)c1=O)C(C)(C)Br. The van der Waals surface area contributed by atoms with Crippen LogP contribution in [0, 0.1) is 11.8 Å². The molecule has 0 fully saturated rings. The van der Waals surface area contributed by atoms with Gasteiger partial charge in [-0.05, 0) is 27.7 Å². The summed E-state index contributed by atoms with van der Waals surface area (Å²) in [6.45, 7) is 12.8. The summed E-state index contributed by atoms with van der Waals surface area (Å²) in [6.07, 6.45) is 0. The van der Waals surface area contributed by atoms with Crippen LogP contribution >= 0.6 is 31.9 Å². The average molecular weight is 440 g/mol. The summed E-state index contributed by atoms with van der Waals surface area (Å²) < 4.78 is 10.8. The maximum atomic E-state index is 11.6. The zero-order chi connectivity index (χ0) is 17.3. The highest BCUT2D eigenvalue weighted by Gasteiger charge is 2.30. The third-order valence-corrected chi connectivity index (χ3v) is 5.69. The minimum Gasteiger partial charge on any atom is -0.486 e. The van der Waals surface area contributed by atoms with Crippen LogP contribution in [-0.2, 0) is 0 Å². The second-order valence-corrected chi connectivity index (χ2v) is 11.0. The standard InChI is InChI=1S/C16H24Br2O4/c1-9(15(3,4)17)7-21-13-11(19)12(20)14(13)22-8-10(2)16(5,6)18/h9-10H,7-8H2,1-6H3. The van der Waals surface area contributed by atoms with Crippen molar-refractivity contribution in [3.8, 4) is 11.5 Å². The molecule has 0 bridgehead atoms. The fraction of sp³-hybridized carbons (Fsp3) is 0.750. The van der Waals surface area contributed by atoms with Crippen molar-refractivity contribution in [1.82, 2.24) is 0 Å². The number of hydrogen-bond acceptors (Lipinski definition) is 4. The van der Waals surface area contributed by atoms with Crippen molar-refractivity contribution in [2.75, 3.05) is 13.2 Å². The number of rotatable bonds is 8. The van der Waals surface area contributed by atoms with E-state index in [1.54, 1.807) is 0 Å². The van der Waals surface area contributed by atoms with Gasteiger partial charge in [0.25, 0.3) is 10.9 Å². The van der Waals surface area contributed by atoms with Gasteiger partial charge in [-0.1, -0.05) is 45.7 Å². The maximum absolute atomic E-state index is 11.6. The first-order chi connectivity index (χ1) is 9.85. The minimum atomic E-state index is -0.597. The molecule has 0 aromatic heterocycles. The second kappa shape index (κ2) is 7.04. The molecule has 0 radical (unpaired) electrons. The minimum absolute atomic E-state index is 0.0631. The zero-order valence-corrected chi connectivity index (χ0v) is 17.1. The fourth-order valence-electron chi connectivity index (χ4n) is 1.43. The lowest BCUT2D eigenvalue weighted by molar-refractivity contribution is 0.195. The smallest absolute Gasteiger partial charge is 0.275 e. The highest BCUT2D eigenvalue weighted by Crippen LogP contribution is 2.30. The van der Waals surface area contributed by atoms with E-state index in [1.807, 2.05) is 41.5 Å². The van der Waals surface area contributed by atoms with Gasteiger partial charge in [0.2, 0.25) is 11.5 Å². The summed E-state index contributed by atoms with van der Waals surface area (Å²) in [5.74, 6) is 0.469. The molecule has 1 aromatic rings. The van der Waals surface area contributed by atoms with E-state index in [0.29, 0.717) is 13.2 Å². The van der Waals surface area contributed by atoms with Gasteiger partial charge in [-0.3, -0.25) is 9.59 Å². The first kappa shape index (κ1) is 19.7. The van der Waals surface area contributed by atoms with E-state index in [9.17, 15) is 9.59 Å². The summed E-state index contributed by atoms with van der Waals surface area (Å²) in [7, 11) is 0. The van der Waals surface area contributed by atoms with Crippen molar-refractivity contribution >= 4 is 31.9 Å². The normalized spacial score (nSPS) is 15.6. The van der Waals surface area contributed by atoms with E-state index in [-0.39, 0.29) is 32.0 Å². The molecule has 4 nitrogen and oxygen atoms in total. The third-order valence-electron chi connectivity index (χ3n) is 4.12. The average Bonchev–Trinajstić information content (AvgIpc) is 2.38. The van der Waals surface area contributed by atoms with E-state index in [0.717, 1.165) is 0 Å². The third kappa shape index (κ3) is 4.82. The molecular weight excluding hydrogens is 416 g/mol. The van der Waals surface area contributed by atoms with Crippen molar-refractivity contribution in [2.45, 2.75) is 50.2 Å². The van der Waals surface area contributed by atoms with Gasteiger partial charge in [-0.2, -0.15) is 0 Å². The summed E-state index contributed by atoms with van der Waals surface area (Å²) in [5, 5.41) is 0. The maximum Gasteiger partial charge on any atom is 0.275 e. The van der Waals surface area contributed by atoms with Crippen molar-refractivity contribution in [3.05, 3.63) is 20.4 Å². The highest BCUT2D eigenvalue weighted by atomic mass is 79.9. The number of halogens is 2. The second-order valence-electron chi connectivity index (χ2n) is 6.87. The molecular formula is C16H24Br2O4. The molecule has 0 saturated heterocycles. The Hall–Kier alpha value is -0.360. The molecule has 0 aliphatic rings. The summed E-state index contributed by atoms with van der Waals surface area (Å²) in [5.41, 5.74) is -1.19. The van der Waals surface area contributed by atoms with Gasteiger partial charge in [0, 0.05) is 20.5 Å². The van der Waals surface area contributed by atoms with Crippen LogP contribution < -0.4 is 20.3 Å². The molecule has 0 aliphatic carbocycles. The molecule has 1 aromatic carbocycles. The van der Waals surface area contributed by atoms with Crippen LogP contribution in [0.5, 0.6) is 11.5 Å². The van der Waals surface area contributed by atoms with Crippen molar-refractivity contribution in [1.29, 1.82) is 0 Å². The Labute approximate surface area is 148 Å². The summed E-state index contributed by atoms with van der Waals surface area (Å²) >= 11 is 7.13. The molecule has 0 heterocycles. The Balaban J connectivity index is 2.70. The van der Waals surface area contributed by atoms with E-state index >= 15 is 0 Å². The Morgan fingerprint density at radius 2 is 1.09 bits per heavy atom. The number of hydrogen-bond donors (Lipinski definition) is 0. The van der Waals surface area contributed by atoms with Gasteiger partial charge in [-0.15, -0.1) is 0 Å². The molecule has 2 unspecified atom stereocenters. The van der Waals surface area contributed by atoms with Crippen LogP contribution in [-0.4, -0.2) is 21.9 Å². The first-order valence-corrected chi connectivity index (χ1v) is 8.91. The van der Waals surface area contributed by atoms with Crippen molar-refractivity contribution in [2.24, 2.45) is 11.8 Å². The van der Waals surface area contributed by atoms with Crippen LogP contribution in [0.1, 0.15) is 41.5 Å². The lowest BCUT2D eigenvalue weighted by Gasteiger charge is -2.27. The first-order valence-electron chi connectivity index (χ1n) is 7.32. The Morgan fingerprint density at radius 3 is 1.32 bits per heavy atom. The molecule has 6 heteroatoms. The molecule has 0 aliphatic heterocycles. The highest BCUT2D eigenvalue weighted by molar-refractivity contribution is 9.10. The lowest BCUT2D eigenvalue weighted by Crippen LogP contribution is -2.38. The molecule has 0 saturated carbocycles. The zero-order valence-electron chi connectivity index (χ0n) is 14.0. The molecule has 1 rings (SSSR count). The van der Waals surface area contributed by atoms with Crippen LogP contribution in [0.4, 0.5) is 0 Å². The molecule has 0 spiro atoms. The Morgan fingerprint density at radius 1 is 0.818 bits per heavy atom. The predicted molar refractivity (Wildman–Crippen MR) is 96.7 cm³/mol. The van der Waals surface area contributed by atoms with Gasteiger partial charge in [-0.25, -0.2) is 0 Å². The quantitative estimate of drug-likeness (QED) is 0.458. The molecule has 126 valence electrons. The summed E-state index contributed by atoms with van der Waals surface area (Å²) in [6, 6.07) is 0. The van der Waals surface area contributed by atoms with Gasteiger partial charge in [0.15, 0.2) is 0 Å². The monoisotopic (exact) mass is 438 g/mol. The van der Waals surface area contributed by atoms with E-state index in [1.165, 1.54) is 0 Å². The molecule has 2 atom stereocenters. The molecule has 0 N–H and O–H groups in total. The van der Waals surface area contributed by atoms with Gasteiger partial charge >= 0.3 is 0 Å². The Bertz CT molecular complexity index is 522. The van der Waals surface area contributed by atoms with Gasteiger partial charge < -0.3 is 9.47 Å². The fourth-order valence-corrected chi connectivity index (χ4v) is 1.69. The number of alkyl halides is 2. The van der Waals surface area contributed by atoms with Gasteiger partial charge in [0.1, 0.15) is 0 Å². The molecule has 0 amide bonds. The largest absolute Gasteiger partial charge is 0.486 e. The van der Waals surface area contributed by atoms with Crippen LogP contribution in [0.25, 0.3) is 0 Å². The van der Waals surface area contributed by atoms with Crippen LogP contribution in [0.15, 0.2) is 9.59 Å². The van der Waals surface area contributed by atoms with E-state index < -0.39 is 10.9 Å².